The Hall–Kier alpha value is -2.36. The van der Waals surface area contributed by atoms with Gasteiger partial charge in [-0.25, -0.2) is 4.98 Å². The van der Waals surface area contributed by atoms with Crippen LogP contribution >= 0.6 is 0 Å². The number of hydrogen-bond acceptors (Lipinski definition) is 3. The van der Waals surface area contributed by atoms with Gasteiger partial charge >= 0.3 is 0 Å². The number of nitrogens with zero attached hydrogens (tertiary/aromatic N) is 1. The molecule has 108 valence electrons. The molecule has 21 heavy (non-hydrogen) atoms. The second-order valence-electron chi connectivity index (χ2n) is 5.57. The molecular weight excluding hydrogens is 262 g/mol. The van der Waals surface area contributed by atoms with Crippen molar-refractivity contribution in [1.82, 2.24) is 4.98 Å². The van der Waals surface area contributed by atoms with Crippen LogP contribution < -0.4 is 10.6 Å². The second kappa shape index (κ2) is 5.56. The van der Waals surface area contributed by atoms with Gasteiger partial charge in [0.15, 0.2) is 0 Å². The first-order valence-corrected chi connectivity index (χ1v) is 7.23. The molecule has 1 aromatic carbocycles. The fourth-order valence-corrected chi connectivity index (χ4v) is 2.14. The van der Waals surface area contributed by atoms with Crippen LogP contribution in [0.3, 0.4) is 0 Å². The summed E-state index contributed by atoms with van der Waals surface area (Å²) < 4.78 is 0. The number of hydrogen-bond donors (Lipinski definition) is 2. The summed E-state index contributed by atoms with van der Waals surface area (Å²) in [5.74, 6) is 0.538. The lowest BCUT2D eigenvalue weighted by atomic mass is 10.1. The van der Waals surface area contributed by atoms with Crippen LogP contribution in [-0.2, 0) is 0 Å². The maximum Gasteiger partial charge on any atom is 0.259 e. The highest BCUT2D eigenvalue weighted by atomic mass is 16.1. The number of aromatic nitrogens is 1. The third-order valence-corrected chi connectivity index (χ3v) is 3.74. The molecule has 2 N–H and O–H groups in total. The molecule has 0 aliphatic heterocycles. The quantitative estimate of drug-likeness (QED) is 0.901. The molecule has 0 saturated heterocycles. The van der Waals surface area contributed by atoms with Crippen molar-refractivity contribution in [2.24, 2.45) is 0 Å². The van der Waals surface area contributed by atoms with Crippen LogP contribution in [0.25, 0.3) is 0 Å². The van der Waals surface area contributed by atoms with E-state index in [0.717, 1.165) is 24.1 Å². The van der Waals surface area contributed by atoms with Gasteiger partial charge in [0.2, 0.25) is 0 Å². The number of benzene rings is 1. The number of pyridine rings is 1. The topological polar surface area (TPSA) is 54.0 Å². The van der Waals surface area contributed by atoms with Gasteiger partial charge in [-0.05, 0) is 62.1 Å². The van der Waals surface area contributed by atoms with E-state index in [2.05, 4.69) is 22.5 Å². The molecule has 4 nitrogen and oxygen atoms in total. The summed E-state index contributed by atoms with van der Waals surface area (Å²) in [6.07, 6.45) is 4.00. The first-order valence-electron chi connectivity index (χ1n) is 7.23. The van der Waals surface area contributed by atoms with E-state index in [4.69, 9.17) is 0 Å². The summed E-state index contributed by atoms with van der Waals surface area (Å²) >= 11 is 0. The Morgan fingerprint density at radius 3 is 2.71 bits per heavy atom. The summed E-state index contributed by atoms with van der Waals surface area (Å²) in [5, 5.41) is 6.24. The zero-order valence-corrected chi connectivity index (χ0v) is 12.3. The summed E-state index contributed by atoms with van der Waals surface area (Å²) in [7, 11) is 0. The van der Waals surface area contributed by atoms with Crippen LogP contribution in [0.5, 0.6) is 0 Å². The van der Waals surface area contributed by atoms with Gasteiger partial charge in [-0.15, -0.1) is 0 Å². The molecule has 1 saturated carbocycles. The lowest BCUT2D eigenvalue weighted by Gasteiger charge is -2.11. The molecule has 2 aromatic rings. The van der Waals surface area contributed by atoms with Crippen molar-refractivity contribution < 1.29 is 4.79 Å². The Morgan fingerprint density at radius 2 is 2.00 bits per heavy atom. The lowest BCUT2D eigenvalue weighted by Crippen LogP contribution is -2.16. The average molecular weight is 281 g/mol. The van der Waals surface area contributed by atoms with E-state index in [1.165, 1.54) is 5.56 Å². The molecule has 1 heterocycles. The molecule has 1 aliphatic rings. The number of rotatable bonds is 4. The van der Waals surface area contributed by atoms with E-state index in [0.29, 0.717) is 17.4 Å². The van der Waals surface area contributed by atoms with Crippen LogP contribution in [0.2, 0.25) is 0 Å². The molecule has 0 spiro atoms. The molecule has 0 unspecified atom stereocenters. The molecule has 0 bridgehead atoms. The van der Waals surface area contributed by atoms with Crippen LogP contribution in [-0.4, -0.2) is 16.9 Å². The Bertz CT molecular complexity index is 677. The fraction of sp³-hybridized carbons (Fsp3) is 0.294. The van der Waals surface area contributed by atoms with Crippen molar-refractivity contribution >= 4 is 17.4 Å². The standard InChI is InChI=1S/C17H19N3O/c1-11-5-6-14(10-12(11)2)20-17(21)15-4-3-9-18-16(15)19-13-7-8-13/h3-6,9-10,13H,7-8H2,1-2H3,(H,18,19)(H,20,21). The van der Waals surface area contributed by atoms with E-state index in [1.54, 1.807) is 18.3 Å². The predicted octanol–water partition coefficient (Wildman–Crippen LogP) is 3.53. The normalized spacial score (nSPS) is 13.8. The Morgan fingerprint density at radius 1 is 1.19 bits per heavy atom. The van der Waals surface area contributed by atoms with E-state index in [1.807, 2.05) is 25.1 Å². The van der Waals surface area contributed by atoms with E-state index < -0.39 is 0 Å². The first kappa shape index (κ1) is 13.6. The smallest absolute Gasteiger partial charge is 0.259 e. The molecule has 0 atom stereocenters. The van der Waals surface area contributed by atoms with E-state index in [9.17, 15) is 4.79 Å². The van der Waals surface area contributed by atoms with Crippen molar-refractivity contribution in [1.29, 1.82) is 0 Å². The molecule has 1 amide bonds. The van der Waals surface area contributed by atoms with Crippen LogP contribution in [0.1, 0.15) is 34.3 Å². The SMILES string of the molecule is Cc1ccc(NC(=O)c2cccnc2NC2CC2)cc1C. The molecule has 1 aliphatic carbocycles. The van der Waals surface area contributed by atoms with Crippen LogP contribution in [0.15, 0.2) is 36.5 Å². The summed E-state index contributed by atoms with van der Waals surface area (Å²) in [6.45, 7) is 4.09. The highest BCUT2D eigenvalue weighted by Crippen LogP contribution is 2.25. The van der Waals surface area contributed by atoms with Crippen LogP contribution in [0, 0.1) is 13.8 Å². The minimum atomic E-state index is -0.130. The van der Waals surface area contributed by atoms with Crippen LogP contribution in [0.4, 0.5) is 11.5 Å². The second-order valence-corrected chi connectivity index (χ2v) is 5.57. The van der Waals surface area contributed by atoms with Crippen molar-refractivity contribution in [3.8, 4) is 0 Å². The van der Waals surface area contributed by atoms with Gasteiger partial charge in [0.25, 0.3) is 5.91 Å². The van der Waals surface area contributed by atoms with Crippen molar-refractivity contribution in [3.05, 3.63) is 53.2 Å². The molecule has 3 rings (SSSR count). The van der Waals surface area contributed by atoms with Crippen molar-refractivity contribution in [2.45, 2.75) is 32.7 Å². The first-order chi connectivity index (χ1) is 10.1. The number of nitrogens with one attached hydrogen (secondary N) is 2. The van der Waals surface area contributed by atoms with Gasteiger partial charge < -0.3 is 10.6 Å². The van der Waals surface area contributed by atoms with Gasteiger partial charge in [-0.3, -0.25) is 4.79 Å². The maximum absolute atomic E-state index is 12.4. The van der Waals surface area contributed by atoms with Gasteiger partial charge in [0.05, 0.1) is 5.56 Å². The van der Waals surface area contributed by atoms with Crippen molar-refractivity contribution in [3.63, 3.8) is 0 Å². The van der Waals surface area contributed by atoms with Gasteiger partial charge in [-0.2, -0.15) is 0 Å². The summed E-state index contributed by atoms with van der Waals surface area (Å²) in [6, 6.07) is 9.97. The highest BCUT2D eigenvalue weighted by Gasteiger charge is 2.23. The van der Waals surface area contributed by atoms with Gasteiger partial charge in [0.1, 0.15) is 5.82 Å². The number of amides is 1. The third kappa shape index (κ3) is 3.21. The predicted molar refractivity (Wildman–Crippen MR) is 84.8 cm³/mol. The molecule has 1 fully saturated rings. The number of anilines is 2. The molecule has 1 aromatic heterocycles. The van der Waals surface area contributed by atoms with Crippen molar-refractivity contribution in [2.75, 3.05) is 10.6 Å². The molecular formula is C17H19N3O. The summed E-state index contributed by atoms with van der Waals surface area (Å²) in [4.78, 5) is 16.7. The average Bonchev–Trinajstić information content (AvgIpc) is 3.27. The highest BCUT2D eigenvalue weighted by molar-refractivity contribution is 6.07. The van der Waals surface area contributed by atoms with E-state index >= 15 is 0 Å². The van der Waals surface area contributed by atoms with E-state index in [-0.39, 0.29) is 5.91 Å². The zero-order chi connectivity index (χ0) is 14.8. The summed E-state index contributed by atoms with van der Waals surface area (Å²) in [5.41, 5.74) is 3.77. The minimum absolute atomic E-state index is 0.130. The Kier molecular flexibility index (Phi) is 3.60. The van der Waals surface area contributed by atoms with Gasteiger partial charge in [0, 0.05) is 17.9 Å². The van der Waals surface area contributed by atoms with Gasteiger partial charge in [-0.1, -0.05) is 6.07 Å². The largest absolute Gasteiger partial charge is 0.367 e. The Labute approximate surface area is 124 Å². The molecule has 0 radical (unpaired) electrons. The number of carbonyl (C=O) groups excluding carboxylic acids is 1. The minimum Gasteiger partial charge on any atom is -0.367 e. The lowest BCUT2D eigenvalue weighted by molar-refractivity contribution is 0.102. The fourth-order valence-electron chi connectivity index (χ4n) is 2.14. The number of carbonyl (C=O) groups is 1. The zero-order valence-electron chi connectivity index (χ0n) is 12.3. The monoisotopic (exact) mass is 281 g/mol. The maximum atomic E-state index is 12.4. The third-order valence-electron chi connectivity index (χ3n) is 3.74. The molecule has 4 heteroatoms. The number of aryl methyl sites for hydroxylation is 2. The Balaban J connectivity index is 1.79.